The van der Waals surface area contributed by atoms with Crippen LogP contribution in [0.4, 0.5) is 0 Å². The van der Waals surface area contributed by atoms with Crippen molar-refractivity contribution in [2.45, 2.75) is 78.0 Å². The van der Waals surface area contributed by atoms with Crippen LogP contribution in [0.1, 0.15) is 50.5 Å². The van der Waals surface area contributed by atoms with Crippen molar-refractivity contribution in [3.8, 4) is 5.88 Å². The number of methoxy groups -OCH3 is 1. The lowest BCUT2D eigenvalue weighted by molar-refractivity contribution is -0.277. The predicted octanol–water partition coefficient (Wildman–Crippen LogP) is 4.75. The first-order valence-electron chi connectivity index (χ1n) is 13.6. The zero-order valence-corrected chi connectivity index (χ0v) is 26.0. The summed E-state index contributed by atoms with van der Waals surface area (Å²) in [7, 11) is -1.24. The van der Waals surface area contributed by atoms with Crippen LogP contribution in [-0.4, -0.2) is 65.2 Å². The Balaban J connectivity index is 1.69. The van der Waals surface area contributed by atoms with Gasteiger partial charge in [0.15, 0.2) is 17.0 Å². The molecule has 10 nitrogen and oxygen atoms in total. The van der Waals surface area contributed by atoms with Crippen LogP contribution in [-0.2, 0) is 37.1 Å². The molecule has 0 aliphatic carbocycles. The van der Waals surface area contributed by atoms with Crippen LogP contribution >= 0.6 is 0 Å². The average Bonchev–Trinajstić information content (AvgIpc) is 3.30. The van der Waals surface area contributed by atoms with Crippen molar-refractivity contribution in [3.63, 3.8) is 0 Å². The van der Waals surface area contributed by atoms with Crippen molar-refractivity contribution in [2.24, 2.45) is 5.92 Å². The van der Waals surface area contributed by atoms with Crippen molar-refractivity contribution in [1.82, 2.24) is 14.5 Å². The lowest BCUT2D eigenvalue weighted by Crippen LogP contribution is -2.58. The minimum absolute atomic E-state index is 0.0909. The first-order chi connectivity index (χ1) is 19.2. The molecule has 1 aliphatic heterocycles. The van der Waals surface area contributed by atoms with Crippen molar-refractivity contribution < 1.29 is 33.3 Å². The Bertz CT molecular complexity index is 1440. The minimum atomic E-state index is -2.72. The third kappa shape index (κ3) is 6.18. The van der Waals surface area contributed by atoms with Gasteiger partial charge in [0, 0.05) is 6.20 Å². The van der Waals surface area contributed by atoms with E-state index < -0.39 is 42.9 Å². The highest BCUT2D eigenvalue weighted by Crippen LogP contribution is 2.39. The van der Waals surface area contributed by atoms with Gasteiger partial charge in [-0.25, -0.2) is 4.98 Å². The van der Waals surface area contributed by atoms with Gasteiger partial charge in [-0.3, -0.25) is 14.4 Å². The van der Waals surface area contributed by atoms with E-state index in [1.807, 2.05) is 64.2 Å². The molecule has 41 heavy (non-hydrogen) atoms. The van der Waals surface area contributed by atoms with E-state index in [4.69, 9.17) is 18.9 Å². The number of Topliss-reactive ketones (excluding diaryl/α,β-unsaturated/α-hetero) is 2. The van der Waals surface area contributed by atoms with Gasteiger partial charge in [-0.1, -0.05) is 64.2 Å². The zero-order valence-electron chi connectivity index (χ0n) is 25.0. The average molecular weight is 582 g/mol. The van der Waals surface area contributed by atoms with E-state index in [0.717, 1.165) is 5.56 Å². The van der Waals surface area contributed by atoms with Crippen LogP contribution in [0, 0.1) is 5.92 Å². The summed E-state index contributed by atoms with van der Waals surface area (Å²) in [5, 5.41) is -0.813. The summed E-state index contributed by atoms with van der Waals surface area (Å²) < 4.78 is 25.0. The molecule has 3 aromatic rings. The Kier molecular flexibility index (Phi) is 8.65. The minimum Gasteiger partial charge on any atom is -0.479 e. The molecule has 0 unspecified atom stereocenters. The Morgan fingerprint density at radius 2 is 1.80 bits per heavy atom. The third-order valence-corrected chi connectivity index (χ3v) is 13.2. The Labute approximate surface area is 241 Å². The fourth-order valence-electron chi connectivity index (χ4n) is 4.59. The van der Waals surface area contributed by atoms with Crippen LogP contribution in [0.15, 0.2) is 42.9 Å². The number of nitrogens with zero attached hydrogens (tertiary/aromatic N) is 3. The number of carbonyl (C=O) groups is 3. The number of benzene rings is 1. The first kappa shape index (κ1) is 30.7. The van der Waals surface area contributed by atoms with Crippen molar-refractivity contribution in [1.29, 1.82) is 0 Å². The molecule has 1 saturated heterocycles. The van der Waals surface area contributed by atoms with Gasteiger partial charge in [0.2, 0.25) is 11.7 Å². The van der Waals surface area contributed by atoms with Gasteiger partial charge in [-0.05, 0) is 24.4 Å². The quantitative estimate of drug-likeness (QED) is 0.190. The van der Waals surface area contributed by atoms with E-state index in [9.17, 15) is 14.4 Å². The Hall–Kier alpha value is -3.25. The van der Waals surface area contributed by atoms with E-state index in [2.05, 4.69) is 9.97 Å². The molecule has 2 atom stereocenters. The van der Waals surface area contributed by atoms with E-state index in [0.29, 0.717) is 17.6 Å². The number of rotatable bonds is 10. The van der Waals surface area contributed by atoms with E-state index in [1.54, 1.807) is 24.6 Å². The van der Waals surface area contributed by atoms with Gasteiger partial charge in [-0.15, -0.1) is 0 Å². The molecule has 0 bridgehead atoms. The molecule has 2 aromatic heterocycles. The molecule has 11 heteroatoms. The summed E-state index contributed by atoms with van der Waals surface area (Å²) in [6.07, 6.45) is 1.64. The maximum absolute atomic E-state index is 14.1. The zero-order chi connectivity index (χ0) is 30.2. The maximum Gasteiger partial charge on any atom is 0.241 e. The van der Waals surface area contributed by atoms with Gasteiger partial charge in [0.1, 0.15) is 38.3 Å². The van der Waals surface area contributed by atoms with Crippen molar-refractivity contribution in [3.05, 3.63) is 54.0 Å². The van der Waals surface area contributed by atoms with Crippen LogP contribution in [0.3, 0.4) is 0 Å². The molecule has 0 radical (unpaired) electrons. The lowest BCUT2D eigenvalue weighted by atomic mass is 9.90. The summed E-state index contributed by atoms with van der Waals surface area (Å²) in [6.45, 7) is 13.3. The fourth-order valence-corrected chi connectivity index (χ4v) is 6.03. The second-order valence-corrected chi connectivity index (χ2v) is 17.5. The normalized spacial score (nSPS) is 19.2. The van der Waals surface area contributed by atoms with E-state index in [-0.39, 0.29) is 29.8 Å². The highest BCUT2D eigenvalue weighted by atomic mass is 28.3. The number of hydrogen-bond acceptors (Lipinski definition) is 9. The lowest BCUT2D eigenvalue weighted by Gasteiger charge is -2.41. The summed E-state index contributed by atoms with van der Waals surface area (Å²) in [4.78, 5) is 50.1. The maximum atomic E-state index is 14.1. The largest absolute Gasteiger partial charge is 0.479 e. The van der Waals surface area contributed by atoms with Crippen molar-refractivity contribution in [2.75, 3.05) is 13.7 Å². The molecule has 0 N–H and O–H groups in total. The highest BCUT2D eigenvalue weighted by Gasteiger charge is 2.52. The topological polar surface area (TPSA) is 119 Å². The van der Waals surface area contributed by atoms with E-state index >= 15 is 0 Å². The van der Waals surface area contributed by atoms with Crippen LogP contribution in [0.2, 0.25) is 18.1 Å². The SMILES string of the molecule is COc1ncnc2c(C(=O)[C@@H]3COC(C)(C)O[C@@H]3C(=O)C(=O)[Si](C)(C)C(C)(C)C)cn(COCc3ccccc3)c12. The van der Waals surface area contributed by atoms with Crippen LogP contribution in [0.25, 0.3) is 11.0 Å². The monoisotopic (exact) mass is 581 g/mol. The van der Waals surface area contributed by atoms with Gasteiger partial charge in [-0.2, -0.15) is 4.98 Å². The molecular weight excluding hydrogens is 542 g/mol. The number of ether oxygens (including phenoxy) is 4. The molecule has 0 amide bonds. The molecule has 0 spiro atoms. The summed E-state index contributed by atoms with van der Waals surface area (Å²) in [6, 6.07) is 9.71. The van der Waals surface area contributed by atoms with Gasteiger partial charge >= 0.3 is 0 Å². The molecular formula is C30H39N3O7Si. The number of hydrogen-bond donors (Lipinski definition) is 0. The van der Waals surface area contributed by atoms with Gasteiger partial charge < -0.3 is 23.5 Å². The van der Waals surface area contributed by atoms with E-state index in [1.165, 1.54) is 13.4 Å². The molecule has 4 rings (SSSR count). The highest BCUT2D eigenvalue weighted by molar-refractivity contribution is 7.14. The molecule has 0 saturated carbocycles. The van der Waals surface area contributed by atoms with Gasteiger partial charge in [0.25, 0.3) is 0 Å². The first-order valence-corrected chi connectivity index (χ1v) is 16.6. The number of aromatic nitrogens is 3. The Morgan fingerprint density at radius 1 is 1.12 bits per heavy atom. The predicted molar refractivity (Wildman–Crippen MR) is 155 cm³/mol. The molecule has 1 fully saturated rings. The smallest absolute Gasteiger partial charge is 0.241 e. The van der Waals surface area contributed by atoms with Gasteiger partial charge in [0.05, 0.1) is 31.8 Å². The summed E-state index contributed by atoms with van der Waals surface area (Å²) in [5.41, 5.74) is 2.05. The standard InChI is InChI=1S/C30H39N3O7Si/c1-29(2,3)41(7,8)28(36)25(35)26-21(16-39-30(4,5)40-26)24(34)20-14-33(18-38-15-19-12-10-9-11-13-19)23-22(20)31-17-32-27(23)37-6/h9-14,17,21,26H,15-16,18H2,1-8H3/t21-,26-/m0/s1. The summed E-state index contributed by atoms with van der Waals surface area (Å²) in [5.74, 6) is -3.03. The second kappa shape index (κ2) is 11.6. The second-order valence-electron chi connectivity index (χ2n) is 12.3. The Morgan fingerprint density at radius 3 is 2.44 bits per heavy atom. The van der Waals surface area contributed by atoms with Crippen LogP contribution < -0.4 is 4.74 Å². The third-order valence-electron chi connectivity index (χ3n) is 8.07. The molecule has 1 aliphatic rings. The molecule has 220 valence electrons. The number of carbonyl (C=O) groups excluding carboxylic acids is 3. The number of fused-ring (bicyclic) bond motifs is 1. The van der Waals surface area contributed by atoms with Crippen molar-refractivity contribution >= 4 is 36.1 Å². The molecule has 3 heterocycles. The fraction of sp³-hybridized carbons (Fsp3) is 0.500. The summed E-state index contributed by atoms with van der Waals surface area (Å²) >= 11 is 0. The van der Waals surface area contributed by atoms with Crippen LogP contribution in [0.5, 0.6) is 5.88 Å². The molecule has 1 aromatic carbocycles. The number of ketones is 2.